The van der Waals surface area contributed by atoms with Gasteiger partial charge in [0.25, 0.3) is 0 Å². The number of methoxy groups -OCH3 is 1. The van der Waals surface area contributed by atoms with Crippen LogP contribution in [0.2, 0.25) is 0 Å². The summed E-state index contributed by atoms with van der Waals surface area (Å²) in [5, 5.41) is 0. The Kier molecular flexibility index (Phi) is 3.96. The van der Waals surface area contributed by atoms with Crippen LogP contribution in [-0.4, -0.2) is 31.8 Å². The fourth-order valence-corrected chi connectivity index (χ4v) is 2.24. The summed E-state index contributed by atoms with van der Waals surface area (Å²) < 4.78 is 31.8. The number of nitrogens with zero attached hydrogens (tertiary/aromatic N) is 2. The molecule has 100 valence electrons. The van der Waals surface area contributed by atoms with E-state index in [0.717, 1.165) is 25.5 Å². The molecule has 2 N–H and O–H groups in total. The molecule has 18 heavy (non-hydrogen) atoms. The Bertz CT molecular complexity index is 420. The lowest BCUT2D eigenvalue weighted by atomic mass is 9.98. The van der Waals surface area contributed by atoms with Gasteiger partial charge in [0.05, 0.1) is 0 Å². The largest absolute Gasteiger partial charge is 0.384 e. The van der Waals surface area contributed by atoms with Crippen molar-refractivity contribution >= 4 is 11.6 Å². The second-order valence-electron chi connectivity index (χ2n) is 4.55. The summed E-state index contributed by atoms with van der Waals surface area (Å²) in [4.78, 5) is 5.59. The van der Waals surface area contributed by atoms with Crippen LogP contribution in [0.25, 0.3) is 0 Å². The fraction of sp³-hybridized carbons (Fsp3) is 0.583. The van der Waals surface area contributed by atoms with Crippen LogP contribution in [-0.2, 0) is 4.74 Å². The molecule has 0 saturated carbocycles. The van der Waals surface area contributed by atoms with E-state index in [-0.39, 0.29) is 11.6 Å². The molecule has 0 aromatic carbocycles. The zero-order valence-electron chi connectivity index (χ0n) is 10.3. The summed E-state index contributed by atoms with van der Waals surface area (Å²) in [6.45, 7) is 2.08. The molecule has 1 aliphatic rings. The predicted molar refractivity (Wildman–Crippen MR) is 65.4 cm³/mol. The lowest BCUT2D eigenvalue weighted by Gasteiger charge is -2.32. The molecule has 0 aliphatic carbocycles. The van der Waals surface area contributed by atoms with E-state index in [2.05, 4.69) is 4.98 Å². The Balaban J connectivity index is 2.07. The van der Waals surface area contributed by atoms with Crippen LogP contribution in [0.15, 0.2) is 6.07 Å². The molecule has 0 spiro atoms. The second-order valence-corrected chi connectivity index (χ2v) is 4.55. The Morgan fingerprint density at radius 3 is 2.67 bits per heavy atom. The minimum absolute atomic E-state index is 0.143. The maximum atomic E-state index is 13.6. The maximum Gasteiger partial charge on any atom is 0.168 e. The molecule has 0 bridgehead atoms. The SMILES string of the molecule is COCC1CCN(c2nc(N)c(F)cc2F)CC1. The second kappa shape index (κ2) is 5.48. The van der Waals surface area contributed by atoms with Gasteiger partial charge in [-0.05, 0) is 18.8 Å². The molecule has 1 saturated heterocycles. The van der Waals surface area contributed by atoms with Crippen LogP contribution in [0, 0.1) is 17.6 Å². The Labute approximate surface area is 105 Å². The molecular weight excluding hydrogens is 240 g/mol. The number of nitrogens with two attached hydrogens (primary N) is 1. The molecule has 6 heteroatoms. The number of ether oxygens (including phenoxy) is 1. The first kappa shape index (κ1) is 13.0. The number of anilines is 2. The zero-order chi connectivity index (χ0) is 13.1. The van der Waals surface area contributed by atoms with Crippen molar-refractivity contribution in [3.05, 3.63) is 17.7 Å². The number of hydrogen-bond donors (Lipinski definition) is 1. The number of rotatable bonds is 3. The van der Waals surface area contributed by atoms with Gasteiger partial charge in [-0.2, -0.15) is 0 Å². The normalized spacial score (nSPS) is 17.2. The van der Waals surface area contributed by atoms with Gasteiger partial charge in [0.2, 0.25) is 0 Å². The van der Waals surface area contributed by atoms with Crippen LogP contribution in [0.4, 0.5) is 20.4 Å². The molecule has 4 nitrogen and oxygen atoms in total. The first-order chi connectivity index (χ1) is 8.61. The third-order valence-corrected chi connectivity index (χ3v) is 3.25. The highest BCUT2D eigenvalue weighted by molar-refractivity contribution is 5.47. The fourth-order valence-electron chi connectivity index (χ4n) is 2.24. The van der Waals surface area contributed by atoms with Crippen LogP contribution in [0.1, 0.15) is 12.8 Å². The third kappa shape index (κ3) is 2.69. The molecule has 2 heterocycles. The molecular formula is C12H17F2N3O. The number of piperidine rings is 1. The first-order valence-electron chi connectivity index (χ1n) is 5.97. The van der Waals surface area contributed by atoms with Gasteiger partial charge in [-0.1, -0.05) is 0 Å². The molecule has 2 rings (SSSR count). The highest BCUT2D eigenvalue weighted by atomic mass is 19.1. The van der Waals surface area contributed by atoms with Gasteiger partial charge < -0.3 is 15.4 Å². The van der Waals surface area contributed by atoms with Crippen molar-refractivity contribution in [2.45, 2.75) is 12.8 Å². The number of nitrogen functional groups attached to an aromatic ring is 1. The van der Waals surface area contributed by atoms with E-state index in [9.17, 15) is 8.78 Å². The Hall–Kier alpha value is -1.43. The van der Waals surface area contributed by atoms with E-state index >= 15 is 0 Å². The molecule has 0 unspecified atom stereocenters. The lowest BCUT2D eigenvalue weighted by molar-refractivity contribution is 0.139. The zero-order valence-corrected chi connectivity index (χ0v) is 10.3. The summed E-state index contributed by atoms with van der Waals surface area (Å²) in [7, 11) is 1.67. The summed E-state index contributed by atoms with van der Waals surface area (Å²) >= 11 is 0. The van der Waals surface area contributed by atoms with Crippen molar-refractivity contribution < 1.29 is 13.5 Å². The van der Waals surface area contributed by atoms with Gasteiger partial charge >= 0.3 is 0 Å². The van der Waals surface area contributed by atoms with Crippen molar-refractivity contribution in [3.63, 3.8) is 0 Å². The summed E-state index contributed by atoms with van der Waals surface area (Å²) in [6.07, 6.45) is 1.82. The average Bonchev–Trinajstić information content (AvgIpc) is 2.35. The predicted octanol–water partition coefficient (Wildman–Crippen LogP) is 1.80. The first-order valence-corrected chi connectivity index (χ1v) is 5.97. The van der Waals surface area contributed by atoms with Gasteiger partial charge in [0, 0.05) is 32.9 Å². The van der Waals surface area contributed by atoms with E-state index in [1.54, 1.807) is 12.0 Å². The van der Waals surface area contributed by atoms with Gasteiger partial charge in [-0.25, -0.2) is 13.8 Å². The number of halogens is 2. The summed E-state index contributed by atoms with van der Waals surface area (Å²) in [5.41, 5.74) is 5.37. The summed E-state index contributed by atoms with van der Waals surface area (Å²) in [5.74, 6) is -1.10. The third-order valence-electron chi connectivity index (χ3n) is 3.25. The lowest BCUT2D eigenvalue weighted by Crippen LogP contribution is -2.36. The summed E-state index contributed by atoms with van der Waals surface area (Å²) in [6, 6.07) is 0.791. The Morgan fingerprint density at radius 2 is 2.06 bits per heavy atom. The number of pyridine rings is 1. The molecule has 1 aromatic heterocycles. The van der Waals surface area contributed by atoms with E-state index in [4.69, 9.17) is 10.5 Å². The molecule has 1 fully saturated rings. The molecule has 0 atom stereocenters. The van der Waals surface area contributed by atoms with Crippen molar-refractivity contribution in [1.82, 2.24) is 4.98 Å². The Morgan fingerprint density at radius 1 is 1.39 bits per heavy atom. The average molecular weight is 257 g/mol. The van der Waals surface area contributed by atoms with Crippen LogP contribution in [0.3, 0.4) is 0 Å². The highest BCUT2D eigenvalue weighted by Gasteiger charge is 2.23. The minimum atomic E-state index is -0.814. The standard InChI is InChI=1S/C12H17F2N3O/c1-18-7-8-2-4-17(5-3-8)12-10(14)6-9(13)11(15)16-12/h6,8H,2-5,7H2,1H3,(H2,15,16). The van der Waals surface area contributed by atoms with Gasteiger partial charge in [0.1, 0.15) is 0 Å². The monoisotopic (exact) mass is 257 g/mol. The maximum absolute atomic E-state index is 13.6. The quantitative estimate of drug-likeness (QED) is 0.897. The van der Waals surface area contributed by atoms with E-state index < -0.39 is 11.6 Å². The van der Waals surface area contributed by atoms with Gasteiger partial charge in [0.15, 0.2) is 23.3 Å². The van der Waals surface area contributed by atoms with Crippen LogP contribution in [0.5, 0.6) is 0 Å². The molecule has 1 aliphatic heterocycles. The van der Waals surface area contributed by atoms with Crippen molar-refractivity contribution in [2.75, 3.05) is 37.4 Å². The van der Waals surface area contributed by atoms with E-state index in [1.165, 1.54) is 0 Å². The van der Waals surface area contributed by atoms with Crippen LogP contribution < -0.4 is 10.6 Å². The van der Waals surface area contributed by atoms with E-state index in [1.807, 2.05) is 0 Å². The van der Waals surface area contributed by atoms with Crippen molar-refractivity contribution in [2.24, 2.45) is 5.92 Å². The molecule has 1 aromatic rings. The van der Waals surface area contributed by atoms with Crippen molar-refractivity contribution in [1.29, 1.82) is 0 Å². The van der Waals surface area contributed by atoms with Gasteiger partial charge in [-0.15, -0.1) is 0 Å². The molecule has 0 radical (unpaired) electrons. The van der Waals surface area contributed by atoms with Gasteiger partial charge in [-0.3, -0.25) is 0 Å². The van der Waals surface area contributed by atoms with E-state index in [0.29, 0.717) is 19.0 Å². The number of hydrogen-bond acceptors (Lipinski definition) is 4. The smallest absolute Gasteiger partial charge is 0.168 e. The topological polar surface area (TPSA) is 51.4 Å². The minimum Gasteiger partial charge on any atom is -0.384 e. The molecule has 0 amide bonds. The highest BCUT2D eigenvalue weighted by Crippen LogP contribution is 2.26. The van der Waals surface area contributed by atoms with Crippen molar-refractivity contribution in [3.8, 4) is 0 Å². The van der Waals surface area contributed by atoms with Crippen LogP contribution >= 0.6 is 0 Å². The number of aromatic nitrogens is 1.